The maximum absolute atomic E-state index is 11.3. The number of rotatable bonds is 5. The molecule has 1 heterocycles. The molecule has 76 valence electrons. The van der Waals surface area contributed by atoms with Crippen LogP contribution in [0.3, 0.4) is 0 Å². The quantitative estimate of drug-likeness (QED) is 0.800. The summed E-state index contributed by atoms with van der Waals surface area (Å²) in [5.74, 6) is 0.0788. The number of ketones is 1. The van der Waals surface area contributed by atoms with Crippen LogP contribution in [-0.4, -0.2) is 18.2 Å². The largest absolute Gasteiger partial charge is 0.355 e. The highest BCUT2D eigenvalue weighted by Gasteiger charge is 2.03. The van der Waals surface area contributed by atoms with Crippen LogP contribution >= 0.6 is 11.3 Å². The van der Waals surface area contributed by atoms with Gasteiger partial charge in [0.2, 0.25) is 5.91 Å². The summed E-state index contributed by atoms with van der Waals surface area (Å²) in [7, 11) is 0. The maximum atomic E-state index is 11.3. The van der Waals surface area contributed by atoms with Gasteiger partial charge in [-0.25, -0.2) is 0 Å². The van der Waals surface area contributed by atoms with Crippen molar-refractivity contribution in [3.05, 3.63) is 22.4 Å². The van der Waals surface area contributed by atoms with Gasteiger partial charge in [0.1, 0.15) is 5.78 Å². The van der Waals surface area contributed by atoms with Crippen LogP contribution in [0.15, 0.2) is 17.5 Å². The molecule has 0 unspecified atom stereocenters. The predicted octanol–water partition coefficient (Wildman–Crippen LogP) is 1.39. The van der Waals surface area contributed by atoms with E-state index in [1.54, 1.807) is 11.3 Å². The average molecular weight is 211 g/mol. The third-order valence-corrected chi connectivity index (χ3v) is 2.59. The Kier molecular flexibility index (Phi) is 4.32. The second-order valence-electron chi connectivity index (χ2n) is 3.06. The molecule has 1 rings (SSSR count). The molecule has 0 aromatic carbocycles. The molecule has 1 N–H and O–H groups in total. The smallest absolute Gasteiger partial charge is 0.225 e. The molecule has 0 aliphatic carbocycles. The fourth-order valence-corrected chi connectivity index (χ4v) is 1.72. The molecule has 0 saturated carbocycles. The van der Waals surface area contributed by atoms with E-state index in [0.717, 1.165) is 4.88 Å². The van der Waals surface area contributed by atoms with Gasteiger partial charge in [0, 0.05) is 17.8 Å². The highest BCUT2D eigenvalue weighted by Crippen LogP contribution is 2.08. The fraction of sp³-hybridized carbons (Fsp3) is 0.400. The third kappa shape index (κ3) is 4.18. The van der Waals surface area contributed by atoms with Crippen LogP contribution in [0.25, 0.3) is 0 Å². The lowest BCUT2D eigenvalue weighted by Gasteiger charge is -2.01. The molecule has 0 aliphatic rings. The van der Waals surface area contributed by atoms with Crippen LogP contribution < -0.4 is 5.32 Å². The van der Waals surface area contributed by atoms with Crippen LogP contribution in [0.2, 0.25) is 0 Å². The van der Waals surface area contributed by atoms with Crippen molar-refractivity contribution in [3.8, 4) is 0 Å². The van der Waals surface area contributed by atoms with E-state index < -0.39 is 0 Å². The number of hydrogen-bond acceptors (Lipinski definition) is 3. The number of carbonyl (C=O) groups excluding carboxylic acids is 2. The number of nitrogens with one attached hydrogen (secondary N) is 1. The van der Waals surface area contributed by atoms with Gasteiger partial charge in [-0.2, -0.15) is 0 Å². The maximum Gasteiger partial charge on any atom is 0.225 e. The van der Waals surface area contributed by atoms with E-state index in [4.69, 9.17) is 0 Å². The lowest BCUT2D eigenvalue weighted by Crippen LogP contribution is -2.26. The normalized spacial score (nSPS) is 9.79. The van der Waals surface area contributed by atoms with Crippen molar-refractivity contribution in [1.82, 2.24) is 5.32 Å². The van der Waals surface area contributed by atoms with E-state index in [1.807, 2.05) is 17.5 Å². The second-order valence-corrected chi connectivity index (χ2v) is 4.09. The first-order chi connectivity index (χ1) is 6.68. The Hall–Kier alpha value is -1.16. The summed E-state index contributed by atoms with van der Waals surface area (Å²) in [4.78, 5) is 22.9. The minimum Gasteiger partial charge on any atom is -0.355 e. The van der Waals surface area contributed by atoms with Gasteiger partial charge in [-0.3, -0.25) is 9.59 Å². The average Bonchev–Trinajstić information content (AvgIpc) is 2.56. The summed E-state index contributed by atoms with van der Waals surface area (Å²) < 4.78 is 0. The van der Waals surface area contributed by atoms with Crippen molar-refractivity contribution in [2.75, 3.05) is 6.54 Å². The van der Waals surface area contributed by atoms with E-state index in [1.165, 1.54) is 6.92 Å². The Balaban J connectivity index is 2.20. The molecule has 14 heavy (non-hydrogen) atoms. The van der Waals surface area contributed by atoms with E-state index in [9.17, 15) is 9.59 Å². The predicted molar refractivity (Wildman–Crippen MR) is 56.3 cm³/mol. The molecule has 1 amide bonds. The number of carbonyl (C=O) groups is 2. The summed E-state index contributed by atoms with van der Waals surface area (Å²) in [5, 5.41) is 4.64. The van der Waals surface area contributed by atoms with E-state index in [0.29, 0.717) is 19.4 Å². The van der Waals surface area contributed by atoms with Crippen molar-refractivity contribution < 1.29 is 9.59 Å². The summed E-state index contributed by atoms with van der Waals surface area (Å²) in [5.41, 5.74) is 0. The van der Waals surface area contributed by atoms with Gasteiger partial charge in [0.05, 0.1) is 6.42 Å². The first-order valence-corrected chi connectivity index (χ1v) is 5.35. The Morgan fingerprint density at radius 2 is 2.29 bits per heavy atom. The Morgan fingerprint density at radius 3 is 2.86 bits per heavy atom. The minimum atomic E-state index is -0.0197. The molecule has 4 heteroatoms. The molecule has 3 nitrogen and oxygen atoms in total. The van der Waals surface area contributed by atoms with Crippen LogP contribution in [0, 0.1) is 0 Å². The molecule has 0 saturated heterocycles. The first-order valence-electron chi connectivity index (χ1n) is 4.47. The van der Waals surface area contributed by atoms with Crippen molar-refractivity contribution in [2.24, 2.45) is 0 Å². The van der Waals surface area contributed by atoms with Crippen LogP contribution in [0.5, 0.6) is 0 Å². The van der Waals surface area contributed by atoms with Crippen molar-refractivity contribution in [2.45, 2.75) is 19.8 Å². The van der Waals surface area contributed by atoms with Crippen molar-refractivity contribution >= 4 is 23.0 Å². The van der Waals surface area contributed by atoms with Crippen LogP contribution in [-0.2, 0) is 16.0 Å². The van der Waals surface area contributed by atoms with Gasteiger partial charge in [-0.1, -0.05) is 6.07 Å². The van der Waals surface area contributed by atoms with Gasteiger partial charge >= 0.3 is 0 Å². The lowest BCUT2D eigenvalue weighted by atomic mass is 10.3. The summed E-state index contributed by atoms with van der Waals surface area (Å²) >= 11 is 1.56. The molecular formula is C10H13NO2S. The van der Waals surface area contributed by atoms with Crippen molar-refractivity contribution in [1.29, 1.82) is 0 Å². The van der Waals surface area contributed by atoms with E-state index >= 15 is 0 Å². The third-order valence-electron chi connectivity index (χ3n) is 1.71. The van der Waals surface area contributed by atoms with Crippen LogP contribution in [0.1, 0.15) is 18.2 Å². The van der Waals surface area contributed by atoms with Gasteiger partial charge in [0.25, 0.3) is 0 Å². The SMILES string of the molecule is CC(=O)CCNC(=O)Cc1cccs1. The van der Waals surface area contributed by atoms with Crippen LogP contribution in [0.4, 0.5) is 0 Å². The fourth-order valence-electron chi connectivity index (χ4n) is 1.01. The first kappa shape index (κ1) is 10.9. The zero-order valence-electron chi connectivity index (χ0n) is 8.08. The Labute approximate surface area is 87.1 Å². The minimum absolute atomic E-state index is 0.0197. The monoisotopic (exact) mass is 211 g/mol. The molecule has 0 atom stereocenters. The lowest BCUT2D eigenvalue weighted by molar-refractivity contribution is -0.120. The van der Waals surface area contributed by atoms with Gasteiger partial charge in [-0.05, 0) is 18.4 Å². The number of hydrogen-bond donors (Lipinski definition) is 1. The molecule has 1 aromatic heterocycles. The van der Waals surface area contributed by atoms with Gasteiger partial charge in [-0.15, -0.1) is 11.3 Å². The molecule has 0 bridgehead atoms. The summed E-state index contributed by atoms with van der Waals surface area (Å²) in [6.07, 6.45) is 0.825. The molecule has 1 aromatic rings. The highest BCUT2D eigenvalue weighted by molar-refractivity contribution is 7.10. The Morgan fingerprint density at radius 1 is 1.50 bits per heavy atom. The number of thiophene rings is 1. The summed E-state index contributed by atoms with van der Waals surface area (Å²) in [6, 6.07) is 3.85. The molecule has 0 radical (unpaired) electrons. The standard InChI is InChI=1S/C10H13NO2S/c1-8(12)4-5-11-10(13)7-9-3-2-6-14-9/h2-3,6H,4-5,7H2,1H3,(H,11,13). The molecule has 0 aliphatic heterocycles. The number of amides is 1. The zero-order chi connectivity index (χ0) is 10.4. The highest BCUT2D eigenvalue weighted by atomic mass is 32.1. The van der Waals surface area contributed by atoms with E-state index in [-0.39, 0.29) is 11.7 Å². The Bertz CT molecular complexity index is 306. The number of Topliss-reactive ketones (excluding diaryl/α,β-unsaturated/α-hetero) is 1. The van der Waals surface area contributed by atoms with E-state index in [2.05, 4.69) is 5.32 Å². The summed E-state index contributed by atoms with van der Waals surface area (Å²) in [6.45, 7) is 1.96. The topological polar surface area (TPSA) is 46.2 Å². The molecule has 0 spiro atoms. The van der Waals surface area contributed by atoms with Crippen molar-refractivity contribution in [3.63, 3.8) is 0 Å². The zero-order valence-corrected chi connectivity index (χ0v) is 8.89. The van der Waals surface area contributed by atoms with Gasteiger partial charge < -0.3 is 5.32 Å². The second kappa shape index (κ2) is 5.54. The van der Waals surface area contributed by atoms with Gasteiger partial charge in [0.15, 0.2) is 0 Å². The molecule has 0 fully saturated rings. The molecular weight excluding hydrogens is 198 g/mol.